The standard InChI is InChI=1S/C21H30N2O4/c1-13-2-17(27-23-13)4-16-10-26-11-18(16)22-19(24)9-20-5-14-3-15(6-20)8-21(25,7-14)12-20/h2,14-16,18,25H,3-12H2,1H3,(H,22,24)/t14-,15+,16-,18+,20?,21?/m1/s1. The molecule has 4 aliphatic carbocycles. The number of aliphatic hydroxyl groups is 1. The van der Waals surface area contributed by atoms with Gasteiger partial charge in [0.15, 0.2) is 0 Å². The van der Waals surface area contributed by atoms with Gasteiger partial charge in [-0.15, -0.1) is 0 Å². The van der Waals surface area contributed by atoms with E-state index in [0.717, 1.165) is 50.0 Å². The van der Waals surface area contributed by atoms with Gasteiger partial charge in [-0.2, -0.15) is 0 Å². The van der Waals surface area contributed by atoms with Crippen molar-refractivity contribution in [3.63, 3.8) is 0 Å². The predicted molar refractivity (Wildman–Crippen MR) is 97.9 cm³/mol. The van der Waals surface area contributed by atoms with Gasteiger partial charge in [0.1, 0.15) is 5.76 Å². The Morgan fingerprint density at radius 3 is 2.74 bits per heavy atom. The summed E-state index contributed by atoms with van der Waals surface area (Å²) in [5, 5.41) is 18.1. The maximum absolute atomic E-state index is 12.9. The number of rotatable bonds is 5. The number of hydrogen-bond acceptors (Lipinski definition) is 5. The van der Waals surface area contributed by atoms with Crippen molar-refractivity contribution < 1.29 is 19.2 Å². The zero-order valence-corrected chi connectivity index (χ0v) is 16.1. The van der Waals surface area contributed by atoms with E-state index in [1.54, 1.807) is 0 Å². The zero-order valence-electron chi connectivity index (χ0n) is 16.1. The van der Waals surface area contributed by atoms with Gasteiger partial charge in [0.25, 0.3) is 0 Å². The first-order valence-electron chi connectivity index (χ1n) is 10.4. The van der Waals surface area contributed by atoms with E-state index in [1.165, 1.54) is 6.42 Å². The second-order valence-corrected chi connectivity index (χ2v) is 9.97. The minimum Gasteiger partial charge on any atom is -0.390 e. The number of carbonyl (C=O) groups excluding carboxylic acids is 1. The third kappa shape index (κ3) is 3.42. The molecule has 2 N–H and O–H groups in total. The van der Waals surface area contributed by atoms with Crippen LogP contribution in [-0.2, 0) is 16.0 Å². The number of aromatic nitrogens is 1. The van der Waals surface area contributed by atoms with Crippen LogP contribution in [0, 0.1) is 30.1 Å². The molecule has 5 aliphatic rings. The normalized spacial score (nSPS) is 42.6. The molecule has 6 rings (SSSR count). The Balaban J connectivity index is 1.22. The van der Waals surface area contributed by atoms with Gasteiger partial charge >= 0.3 is 0 Å². The fourth-order valence-electron chi connectivity index (χ4n) is 6.94. The summed E-state index contributed by atoms with van der Waals surface area (Å²) in [5.41, 5.74) is 0.386. The van der Waals surface area contributed by atoms with Crippen molar-refractivity contribution in [1.82, 2.24) is 10.5 Å². The van der Waals surface area contributed by atoms with Gasteiger partial charge in [0.2, 0.25) is 5.91 Å². The number of aryl methyl sites for hydroxylation is 1. The lowest BCUT2D eigenvalue weighted by atomic mass is 9.47. The summed E-state index contributed by atoms with van der Waals surface area (Å²) >= 11 is 0. The first-order valence-corrected chi connectivity index (χ1v) is 10.4. The summed E-state index contributed by atoms with van der Waals surface area (Å²) in [7, 11) is 0. The van der Waals surface area contributed by atoms with Crippen molar-refractivity contribution in [2.75, 3.05) is 13.2 Å². The highest BCUT2D eigenvalue weighted by Crippen LogP contribution is 2.62. The molecule has 4 saturated carbocycles. The molecule has 2 unspecified atom stereocenters. The van der Waals surface area contributed by atoms with Crippen LogP contribution in [0.3, 0.4) is 0 Å². The maximum atomic E-state index is 12.9. The van der Waals surface area contributed by atoms with Crippen molar-refractivity contribution in [2.45, 2.75) is 69.9 Å². The Labute approximate surface area is 160 Å². The predicted octanol–water partition coefficient (Wildman–Crippen LogP) is 2.38. The van der Waals surface area contributed by atoms with E-state index in [0.29, 0.717) is 31.5 Å². The second-order valence-electron chi connectivity index (χ2n) is 9.97. The summed E-state index contributed by atoms with van der Waals surface area (Å²) in [5.74, 6) is 2.42. The van der Waals surface area contributed by atoms with Gasteiger partial charge in [-0.05, 0) is 62.7 Å². The summed E-state index contributed by atoms with van der Waals surface area (Å²) < 4.78 is 11.0. The fourth-order valence-corrected chi connectivity index (χ4v) is 6.94. The molecule has 148 valence electrons. The lowest BCUT2D eigenvalue weighted by molar-refractivity contribution is -0.169. The Morgan fingerprint density at radius 2 is 2.07 bits per heavy atom. The SMILES string of the molecule is Cc1cc(C[C@@H]2COC[C@@H]2NC(=O)CC23C[C@@H]4C[C@@H](CC(O)(C4)C2)C3)on1. The van der Waals surface area contributed by atoms with Gasteiger partial charge in [-0.25, -0.2) is 0 Å². The zero-order chi connectivity index (χ0) is 18.6. The molecule has 1 amide bonds. The van der Waals surface area contributed by atoms with Gasteiger partial charge in [0, 0.05) is 24.8 Å². The van der Waals surface area contributed by atoms with Crippen LogP contribution in [0.5, 0.6) is 0 Å². The van der Waals surface area contributed by atoms with Gasteiger partial charge in [-0.1, -0.05) is 5.16 Å². The Morgan fingerprint density at radius 1 is 1.30 bits per heavy atom. The maximum Gasteiger partial charge on any atom is 0.220 e. The molecule has 27 heavy (non-hydrogen) atoms. The van der Waals surface area contributed by atoms with Gasteiger partial charge in [0.05, 0.1) is 30.6 Å². The van der Waals surface area contributed by atoms with E-state index in [-0.39, 0.29) is 23.3 Å². The molecule has 1 aliphatic heterocycles. The van der Waals surface area contributed by atoms with E-state index in [2.05, 4.69) is 10.5 Å². The molecule has 1 aromatic rings. The molecule has 2 heterocycles. The fraction of sp³-hybridized carbons (Fsp3) is 0.810. The molecule has 4 bridgehead atoms. The van der Waals surface area contributed by atoms with E-state index in [1.807, 2.05) is 13.0 Å². The number of hydrogen-bond donors (Lipinski definition) is 2. The molecule has 5 fully saturated rings. The minimum atomic E-state index is -0.506. The molecule has 0 spiro atoms. The summed E-state index contributed by atoms with van der Waals surface area (Å²) in [4.78, 5) is 12.9. The molecule has 6 nitrogen and oxygen atoms in total. The van der Waals surface area contributed by atoms with Gasteiger partial charge in [-0.3, -0.25) is 4.79 Å². The topological polar surface area (TPSA) is 84.6 Å². The van der Waals surface area contributed by atoms with Crippen LogP contribution in [0.4, 0.5) is 0 Å². The molecular weight excluding hydrogens is 344 g/mol. The number of amides is 1. The van der Waals surface area contributed by atoms with Crippen molar-refractivity contribution >= 4 is 5.91 Å². The van der Waals surface area contributed by atoms with Crippen LogP contribution in [0.2, 0.25) is 0 Å². The first kappa shape index (κ1) is 17.7. The van der Waals surface area contributed by atoms with Crippen molar-refractivity contribution in [1.29, 1.82) is 0 Å². The third-order valence-corrected chi connectivity index (χ3v) is 7.37. The highest BCUT2D eigenvalue weighted by atomic mass is 16.5. The largest absolute Gasteiger partial charge is 0.390 e. The minimum absolute atomic E-state index is 0.0138. The van der Waals surface area contributed by atoms with E-state index in [4.69, 9.17) is 9.26 Å². The molecule has 6 heteroatoms. The summed E-state index contributed by atoms with van der Waals surface area (Å²) in [6, 6.07) is 1.98. The van der Waals surface area contributed by atoms with Crippen LogP contribution in [0.25, 0.3) is 0 Å². The smallest absolute Gasteiger partial charge is 0.220 e. The molecular formula is C21H30N2O4. The molecule has 0 radical (unpaired) electrons. The monoisotopic (exact) mass is 374 g/mol. The average Bonchev–Trinajstić information content (AvgIpc) is 3.14. The first-order chi connectivity index (χ1) is 12.9. The molecule has 0 aromatic carbocycles. The van der Waals surface area contributed by atoms with Crippen LogP contribution in [-0.4, -0.2) is 41.0 Å². The molecule has 6 atom stereocenters. The van der Waals surface area contributed by atoms with Crippen LogP contribution < -0.4 is 5.32 Å². The van der Waals surface area contributed by atoms with Crippen molar-refractivity contribution in [3.05, 3.63) is 17.5 Å². The van der Waals surface area contributed by atoms with E-state index in [9.17, 15) is 9.90 Å². The van der Waals surface area contributed by atoms with E-state index >= 15 is 0 Å². The summed E-state index contributed by atoms with van der Waals surface area (Å²) in [6.45, 7) is 3.11. The summed E-state index contributed by atoms with van der Waals surface area (Å²) in [6.07, 6.45) is 7.46. The molecule has 1 saturated heterocycles. The third-order valence-electron chi connectivity index (χ3n) is 7.37. The second kappa shape index (κ2) is 6.31. The average molecular weight is 374 g/mol. The lowest BCUT2D eigenvalue weighted by Gasteiger charge is -2.60. The Kier molecular flexibility index (Phi) is 4.13. The Bertz CT molecular complexity index is 716. The van der Waals surface area contributed by atoms with Crippen LogP contribution in [0.1, 0.15) is 56.4 Å². The number of nitrogens with one attached hydrogen (secondary N) is 1. The highest BCUT2D eigenvalue weighted by molar-refractivity contribution is 5.77. The van der Waals surface area contributed by atoms with Crippen LogP contribution in [0.15, 0.2) is 10.6 Å². The van der Waals surface area contributed by atoms with Gasteiger partial charge < -0.3 is 19.7 Å². The number of carbonyl (C=O) groups is 1. The van der Waals surface area contributed by atoms with Crippen LogP contribution >= 0.6 is 0 Å². The quantitative estimate of drug-likeness (QED) is 0.827. The Hall–Kier alpha value is -1.40. The highest BCUT2D eigenvalue weighted by Gasteiger charge is 2.57. The van der Waals surface area contributed by atoms with Crippen molar-refractivity contribution in [3.8, 4) is 0 Å². The van der Waals surface area contributed by atoms with E-state index < -0.39 is 5.60 Å². The lowest BCUT2D eigenvalue weighted by Crippen LogP contribution is -2.57. The molecule has 1 aromatic heterocycles. The number of nitrogens with zero attached hydrogens (tertiary/aromatic N) is 1. The number of ether oxygens (including phenoxy) is 1. The van der Waals surface area contributed by atoms with Crippen molar-refractivity contribution in [2.24, 2.45) is 23.2 Å².